The molecule has 0 amide bonds. The van der Waals surface area contributed by atoms with Crippen LogP contribution in [0.15, 0.2) is 29.3 Å². The Labute approximate surface area is 145 Å². The number of aliphatic imine (C=N–C) groups is 1. The summed E-state index contributed by atoms with van der Waals surface area (Å²) in [5.74, 6) is 1.70. The summed E-state index contributed by atoms with van der Waals surface area (Å²) in [6.45, 7) is 5.83. The van der Waals surface area contributed by atoms with E-state index >= 15 is 0 Å². The first-order chi connectivity index (χ1) is 9.69. The van der Waals surface area contributed by atoms with E-state index in [-0.39, 0.29) is 24.0 Å². The highest BCUT2D eigenvalue weighted by atomic mass is 127. The maximum Gasteiger partial charge on any atom is 0.191 e. The largest absolute Gasteiger partial charge is 0.497 e. The summed E-state index contributed by atoms with van der Waals surface area (Å²) in [5, 5.41) is 6.59. The van der Waals surface area contributed by atoms with Crippen LogP contribution in [0.1, 0.15) is 12.5 Å². The van der Waals surface area contributed by atoms with E-state index in [4.69, 9.17) is 4.74 Å². The number of rotatable bonds is 7. The van der Waals surface area contributed by atoms with Crippen LogP contribution in [0.2, 0.25) is 0 Å². The number of hydrogen-bond acceptors (Lipinski definition) is 3. The van der Waals surface area contributed by atoms with Gasteiger partial charge in [0, 0.05) is 26.7 Å². The maximum atomic E-state index is 5.14. The summed E-state index contributed by atoms with van der Waals surface area (Å²) >= 11 is 0. The molecule has 0 unspecified atom stereocenters. The van der Waals surface area contributed by atoms with E-state index in [1.165, 1.54) is 5.56 Å². The highest BCUT2D eigenvalue weighted by Crippen LogP contribution is 2.10. The van der Waals surface area contributed by atoms with Gasteiger partial charge in [0.1, 0.15) is 5.75 Å². The molecule has 0 atom stereocenters. The molecule has 0 aromatic heterocycles. The molecule has 0 aliphatic heterocycles. The predicted octanol–water partition coefficient (Wildman–Crippen LogP) is 1.93. The van der Waals surface area contributed by atoms with Crippen LogP contribution >= 0.6 is 24.0 Å². The average Bonchev–Trinajstić information content (AvgIpc) is 2.50. The van der Waals surface area contributed by atoms with Crippen molar-refractivity contribution in [3.8, 4) is 5.75 Å². The van der Waals surface area contributed by atoms with Gasteiger partial charge >= 0.3 is 0 Å². The summed E-state index contributed by atoms with van der Waals surface area (Å²) in [7, 11) is 5.56. The van der Waals surface area contributed by atoms with Crippen LogP contribution in [0.5, 0.6) is 5.75 Å². The Bertz CT molecular complexity index is 409. The van der Waals surface area contributed by atoms with Crippen molar-refractivity contribution >= 4 is 29.9 Å². The van der Waals surface area contributed by atoms with Gasteiger partial charge < -0.3 is 20.3 Å². The fourth-order valence-electron chi connectivity index (χ4n) is 1.67. The van der Waals surface area contributed by atoms with Crippen LogP contribution < -0.4 is 15.4 Å². The van der Waals surface area contributed by atoms with Gasteiger partial charge in [-0.2, -0.15) is 0 Å². The van der Waals surface area contributed by atoms with E-state index in [1.54, 1.807) is 14.2 Å². The molecular weight excluding hydrogens is 379 g/mol. The summed E-state index contributed by atoms with van der Waals surface area (Å²) in [5.41, 5.74) is 1.19. The Morgan fingerprint density at radius 3 is 2.43 bits per heavy atom. The van der Waals surface area contributed by atoms with Crippen molar-refractivity contribution in [2.24, 2.45) is 4.99 Å². The first kappa shape index (κ1) is 20.0. The van der Waals surface area contributed by atoms with Gasteiger partial charge in [0.05, 0.1) is 7.11 Å². The normalized spacial score (nSPS) is 11.0. The van der Waals surface area contributed by atoms with Gasteiger partial charge in [-0.15, -0.1) is 24.0 Å². The van der Waals surface area contributed by atoms with Gasteiger partial charge in [0.15, 0.2) is 5.96 Å². The molecule has 1 aromatic rings. The number of likely N-dealkylation sites (N-methyl/N-ethyl adjacent to an activating group) is 1. The molecule has 0 heterocycles. The molecule has 6 heteroatoms. The van der Waals surface area contributed by atoms with Crippen molar-refractivity contribution in [3.05, 3.63) is 29.8 Å². The molecule has 120 valence electrons. The maximum absolute atomic E-state index is 5.14. The SMILES string of the molecule is CCN(C)CCNC(=NC)NCc1ccc(OC)cc1.I. The second-order valence-corrected chi connectivity index (χ2v) is 4.60. The number of ether oxygens (including phenoxy) is 1. The Morgan fingerprint density at radius 2 is 1.90 bits per heavy atom. The molecule has 2 N–H and O–H groups in total. The number of hydrogen-bond donors (Lipinski definition) is 2. The highest BCUT2D eigenvalue weighted by molar-refractivity contribution is 14.0. The van der Waals surface area contributed by atoms with E-state index in [0.29, 0.717) is 0 Å². The second kappa shape index (κ2) is 11.6. The van der Waals surface area contributed by atoms with Crippen LogP contribution in [0.4, 0.5) is 0 Å². The van der Waals surface area contributed by atoms with Crippen molar-refractivity contribution in [3.63, 3.8) is 0 Å². The number of guanidine groups is 1. The van der Waals surface area contributed by atoms with E-state index in [2.05, 4.69) is 34.5 Å². The number of halogens is 1. The van der Waals surface area contributed by atoms with Crippen LogP contribution in [0, 0.1) is 0 Å². The van der Waals surface area contributed by atoms with Crippen LogP contribution in [0.25, 0.3) is 0 Å². The first-order valence-electron chi connectivity index (χ1n) is 6.95. The molecule has 1 aromatic carbocycles. The van der Waals surface area contributed by atoms with Crippen LogP contribution in [-0.2, 0) is 6.54 Å². The number of nitrogens with zero attached hydrogens (tertiary/aromatic N) is 2. The minimum atomic E-state index is 0. The molecular formula is C15H27IN4O. The average molecular weight is 406 g/mol. The molecule has 0 bridgehead atoms. The van der Waals surface area contributed by atoms with Crippen molar-refractivity contribution in [2.75, 3.05) is 40.8 Å². The third-order valence-electron chi connectivity index (χ3n) is 3.17. The predicted molar refractivity (Wildman–Crippen MR) is 99.8 cm³/mol. The lowest BCUT2D eigenvalue weighted by Gasteiger charge is -2.16. The summed E-state index contributed by atoms with van der Waals surface area (Å²) in [6, 6.07) is 8.01. The molecule has 0 aliphatic rings. The van der Waals surface area contributed by atoms with Crippen LogP contribution in [0.3, 0.4) is 0 Å². The number of methoxy groups -OCH3 is 1. The Morgan fingerprint density at radius 1 is 1.24 bits per heavy atom. The lowest BCUT2D eigenvalue weighted by atomic mass is 10.2. The smallest absolute Gasteiger partial charge is 0.191 e. The van der Waals surface area contributed by atoms with Crippen LogP contribution in [-0.4, -0.2) is 51.7 Å². The molecule has 0 saturated heterocycles. The molecule has 0 spiro atoms. The molecule has 0 saturated carbocycles. The Kier molecular flexibility index (Phi) is 11.1. The third kappa shape index (κ3) is 8.11. The minimum Gasteiger partial charge on any atom is -0.497 e. The van der Waals surface area contributed by atoms with E-state index < -0.39 is 0 Å². The number of nitrogens with one attached hydrogen (secondary N) is 2. The minimum absolute atomic E-state index is 0. The van der Waals surface area contributed by atoms with Gasteiger partial charge in [0.2, 0.25) is 0 Å². The van der Waals surface area contributed by atoms with Crippen molar-refractivity contribution in [1.82, 2.24) is 15.5 Å². The molecule has 0 fully saturated rings. The van der Waals surface area contributed by atoms with Gasteiger partial charge in [0.25, 0.3) is 0 Å². The lowest BCUT2D eigenvalue weighted by molar-refractivity contribution is 0.357. The highest BCUT2D eigenvalue weighted by Gasteiger charge is 1.99. The molecule has 0 aliphatic carbocycles. The quantitative estimate of drug-likeness (QED) is 0.413. The Hall–Kier alpha value is -1.02. The molecule has 1 rings (SSSR count). The van der Waals surface area contributed by atoms with E-state index in [9.17, 15) is 0 Å². The lowest BCUT2D eigenvalue weighted by Crippen LogP contribution is -2.40. The van der Waals surface area contributed by atoms with E-state index in [0.717, 1.165) is 37.9 Å². The fourth-order valence-corrected chi connectivity index (χ4v) is 1.67. The third-order valence-corrected chi connectivity index (χ3v) is 3.17. The van der Waals surface area contributed by atoms with Gasteiger partial charge in [-0.05, 0) is 31.3 Å². The van der Waals surface area contributed by atoms with Gasteiger partial charge in [-0.1, -0.05) is 19.1 Å². The topological polar surface area (TPSA) is 48.9 Å². The molecule has 21 heavy (non-hydrogen) atoms. The Balaban J connectivity index is 0.00000400. The van der Waals surface area contributed by atoms with E-state index in [1.807, 2.05) is 24.3 Å². The van der Waals surface area contributed by atoms with Gasteiger partial charge in [-0.25, -0.2) is 0 Å². The standard InChI is InChI=1S/C15H26N4O.HI/c1-5-19(3)11-10-17-15(16-2)18-12-13-6-8-14(20-4)9-7-13;/h6-9H,5,10-12H2,1-4H3,(H2,16,17,18);1H. The van der Waals surface area contributed by atoms with Crippen molar-refractivity contribution < 1.29 is 4.74 Å². The second-order valence-electron chi connectivity index (χ2n) is 4.60. The zero-order chi connectivity index (χ0) is 14.8. The zero-order valence-electron chi connectivity index (χ0n) is 13.3. The first-order valence-corrected chi connectivity index (χ1v) is 6.95. The van der Waals surface area contributed by atoms with Crippen molar-refractivity contribution in [2.45, 2.75) is 13.5 Å². The van der Waals surface area contributed by atoms with Crippen molar-refractivity contribution in [1.29, 1.82) is 0 Å². The molecule has 0 radical (unpaired) electrons. The monoisotopic (exact) mass is 406 g/mol. The van der Waals surface area contributed by atoms with Gasteiger partial charge in [-0.3, -0.25) is 4.99 Å². The fraction of sp³-hybridized carbons (Fsp3) is 0.533. The summed E-state index contributed by atoms with van der Waals surface area (Å²) in [4.78, 5) is 6.46. The summed E-state index contributed by atoms with van der Waals surface area (Å²) in [6.07, 6.45) is 0. The zero-order valence-corrected chi connectivity index (χ0v) is 15.7. The molecule has 5 nitrogen and oxygen atoms in total. The summed E-state index contributed by atoms with van der Waals surface area (Å²) < 4.78 is 5.14. The number of benzene rings is 1.